The van der Waals surface area contributed by atoms with E-state index in [9.17, 15) is 20.5 Å². The first-order valence-corrected chi connectivity index (χ1v) is 7.86. The van der Waals surface area contributed by atoms with Crippen LogP contribution in [0.3, 0.4) is 0 Å². The van der Waals surface area contributed by atoms with E-state index in [0.717, 1.165) is 5.56 Å². The van der Waals surface area contributed by atoms with Crippen molar-refractivity contribution in [3.63, 3.8) is 0 Å². The number of nitro groups is 1. The van der Waals surface area contributed by atoms with Gasteiger partial charge in [0.2, 0.25) is 0 Å². The van der Waals surface area contributed by atoms with Crippen LogP contribution in [0.5, 0.6) is 0 Å². The number of nitrogens with zero attached hydrogens (tertiary/aromatic N) is 5. The Labute approximate surface area is 149 Å². The fourth-order valence-corrected chi connectivity index (χ4v) is 2.68. The predicted molar refractivity (Wildman–Crippen MR) is 95.5 cm³/mol. The molecule has 0 aliphatic carbocycles. The molecule has 0 amide bonds. The number of fused-ring (bicyclic) bond motifs is 1. The van der Waals surface area contributed by atoms with Crippen molar-refractivity contribution < 1.29 is 10.0 Å². The SMILES string of the molecule is N#Cc1cc(N(CCO)Cc2cccnc2)nc2ccc([N+](=O)[O-])cc12. The van der Waals surface area contributed by atoms with Crippen LogP contribution in [0.15, 0.2) is 48.8 Å². The van der Waals surface area contributed by atoms with Crippen molar-refractivity contribution in [1.82, 2.24) is 9.97 Å². The summed E-state index contributed by atoms with van der Waals surface area (Å²) in [5, 5.41) is 30.2. The number of aliphatic hydroxyl groups is 1. The predicted octanol–water partition coefficient (Wildman–Crippen LogP) is 2.41. The first-order chi connectivity index (χ1) is 12.6. The lowest BCUT2D eigenvalue weighted by Crippen LogP contribution is -2.27. The first-order valence-electron chi connectivity index (χ1n) is 7.86. The minimum atomic E-state index is -0.505. The van der Waals surface area contributed by atoms with Gasteiger partial charge in [0.1, 0.15) is 5.82 Å². The normalized spacial score (nSPS) is 10.5. The summed E-state index contributed by atoms with van der Waals surface area (Å²) in [6.07, 6.45) is 3.40. The van der Waals surface area contributed by atoms with Crippen LogP contribution in [0.25, 0.3) is 10.9 Å². The molecular formula is C18H15N5O3. The lowest BCUT2D eigenvalue weighted by molar-refractivity contribution is -0.384. The van der Waals surface area contributed by atoms with Gasteiger partial charge in [0, 0.05) is 43.0 Å². The third kappa shape index (κ3) is 3.58. The van der Waals surface area contributed by atoms with Gasteiger partial charge in [-0.25, -0.2) is 4.98 Å². The maximum Gasteiger partial charge on any atom is 0.270 e. The number of pyridine rings is 2. The van der Waals surface area contributed by atoms with Gasteiger partial charge < -0.3 is 10.0 Å². The summed E-state index contributed by atoms with van der Waals surface area (Å²) in [6, 6.07) is 11.6. The molecule has 26 heavy (non-hydrogen) atoms. The lowest BCUT2D eigenvalue weighted by atomic mass is 10.1. The Bertz CT molecular complexity index is 985. The van der Waals surface area contributed by atoms with Gasteiger partial charge in [-0.2, -0.15) is 5.26 Å². The standard InChI is InChI=1S/C18H15N5O3/c19-10-14-8-18(21-17-4-3-15(23(25)26)9-16(14)17)22(6-7-24)12-13-2-1-5-20-11-13/h1-5,8-9,11,24H,6-7,12H2. The molecule has 0 atom stereocenters. The van der Waals surface area contributed by atoms with Gasteiger partial charge in [-0.3, -0.25) is 15.1 Å². The lowest BCUT2D eigenvalue weighted by Gasteiger charge is -2.23. The number of benzene rings is 1. The molecule has 1 aromatic carbocycles. The zero-order chi connectivity index (χ0) is 18.5. The molecule has 2 heterocycles. The molecule has 0 aliphatic heterocycles. The zero-order valence-electron chi connectivity index (χ0n) is 13.7. The molecule has 0 bridgehead atoms. The van der Waals surface area contributed by atoms with Gasteiger partial charge in [-0.15, -0.1) is 0 Å². The Morgan fingerprint density at radius 3 is 2.81 bits per heavy atom. The van der Waals surface area contributed by atoms with Crippen LogP contribution in [0.1, 0.15) is 11.1 Å². The third-order valence-corrected chi connectivity index (χ3v) is 3.90. The molecule has 130 valence electrons. The second kappa shape index (κ2) is 7.55. The molecule has 3 rings (SSSR count). The van der Waals surface area contributed by atoms with Crippen LogP contribution in [0.2, 0.25) is 0 Å². The van der Waals surface area contributed by atoms with Crippen molar-refractivity contribution in [2.75, 3.05) is 18.1 Å². The summed E-state index contributed by atoms with van der Waals surface area (Å²) >= 11 is 0. The van der Waals surface area contributed by atoms with Gasteiger partial charge in [0.05, 0.1) is 28.7 Å². The van der Waals surface area contributed by atoms with E-state index >= 15 is 0 Å². The Hall–Kier alpha value is -3.57. The number of rotatable bonds is 6. The highest BCUT2D eigenvalue weighted by atomic mass is 16.6. The number of non-ortho nitro benzene ring substituents is 1. The van der Waals surface area contributed by atoms with Gasteiger partial charge in [-0.05, 0) is 23.8 Å². The first kappa shape index (κ1) is 17.3. The van der Waals surface area contributed by atoms with E-state index in [0.29, 0.717) is 35.4 Å². The van der Waals surface area contributed by atoms with E-state index in [1.54, 1.807) is 18.5 Å². The number of nitro benzene ring substituents is 1. The Morgan fingerprint density at radius 2 is 2.15 bits per heavy atom. The summed E-state index contributed by atoms with van der Waals surface area (Å²) in [4.78, 5) is 20.9. The van der Waals surface area contributed by atoms with Crippen LogP contribution in [0.4, 0.5) is 11.5 Å². The van der Waals surface area contributed by atoms with E-state index in [2.05, 4.69) is 16.0 Å². The van der Waals surface area contributed by atoms with Crippen LogP contribution >= 0.6 is 0 Å². The minimum Gasteiger partial charge on any atom is -0.395 e. The highest BCUT2D eigenvalue weighted by molar-refractivity contribution is 5.88. The fourth-order valence-electron chi connectivity index (χ4n) is 2.68. The number of aliphatic hydroxyl groups excluding tert-OH is 1. The maximum atomic E-state index is 11.0. The largest absolute Gasteiger partial charge is 0.395 e. The molecule has 0 aliphatic rings. The van der Waals surface area contributed by atoms with E-state index in [1.807, 2.05) is 17.0 Å². The summed E-state index contributed by atoms with van der Waals surface area (Å²) in [6.45, 7) is 0.706. The van der Waals surface area contributed by atoms with Gasteiger partial charge in [0.15, 0.2) is 0 Å². The summed E-state index contributed by atoms with van der Waals surface area (Å²) in [5.74, 6) is 0.515. The van der Waals surface area contributed by atoms with Crippen molar-refractivity contribution in [1.29, 1.82) is 5.26 Å². The average molecular weight is 349 g/mol. The molecule has 3 aromatic rings. The number of hydrogen-bond acceptors (Lipinski definition) is 7. The molecule has 0 saturated heterocycles. The van der Waals surface area contributed by atoms with Crippen LogP contribution in [-0.2, 0) is 6.54 Å². The highest BCUT2D eigenvalue weighted by Gasteiger charge is 2.15. The molecule has 2 aromatic heterocycles. The molecular weight excluding hydrogens is 334 g/mol. The van der Waals surface area contributed by atoms with Crippen LogP contribution in [-0.4, -0.2) is 33.1 Å². The maximum absolute atomic E-state index is 11.0. The van der Waals surface area contributed by atoms with E-state index in [1.165, 1.54) is 18.2 Å². The zero-order valence-corrected chi connectivity index (χ0v) is 13.7. The van der Waals surface area contributed by atoms with Crippen molar-refractivity contribution in [3.05, 3.63) is 70.0 Å². The average Bonchev–Trinajstić information content (AvgIpc) is 2.67. The quantitative estimate of drug-likeness (QED) is 0.536. The Balaban J connectivity index is 2.06. The summed E-state index contributed by atoms with van der Waals surface area (Å²) in [5.41, 5.74) is 1.62. The summed E-state index contributed by atoms with van der Waals surface area (Å²) < 4.78 is 0. The van der Waals surface area contributed by atoms with Crippen LogP contribution < -0.4 is 4.90 Å². The number of aromatic nitrogens is 2. The van der Waals surface area contributed by atoms with Crippen LogP contribution in [0, 0.1) is 21.4 Å². The molecule has 0 unspecified atom stereocenters. The Kier molecular flexibility index (Phi) is 5.01. The second-order valence-electron chi connectivity index (χ2n) is 5.60. The molecule has 8 heteroatoms. The topological polar surface area (TPSA) is 116 Å². The van der Waals surface area contributed by atoms with Crippen molar-refractivity contribution in [3.8, 4) is 6.07 Å². The number of nitriles is 1. The Morgan fingerprint density at radius 1 is 1.31 bits per heavy atom. The monoisotopic (exact) mass is 349 g/mol. The molecule has 8 nitrogen and oxygen atoms in total. The molecule has 0 saturated carbocycles. The highest BCUT2D eigenvalue weighted by Crippen LogP contribution is 2.27. The van der Waals surface area contributed by atoms with Crippen molar-refractivity contribution in [2.24, 2.45) is 0 Å². The van der Waals surface area contributed by atoms with Gasteiger partial charge in [-0.1, -0.05) is 6.07 Å². The van der Waals surface area contributed by atoms with E-state index in [4.69, 9.17) is 0 Å². The van der Waals surface area contributed by atoms with E-state index < -0.39 is 4.92 Å². The molecule has 0 fully saturated rings. The molecule has 0 spiro atoms. The van der Waals surface area contributed by atoms with Gasteiger partial charge >= 0.3 is 0 Å². The van der Waals surface area contributed by atoms with E-state index in [-0.39, 0.29) is 12.3 Å². The summed E-state index contributed by atoms with van der Waals surface area (Å²) in [7, 11) is 0. The van der Waals surface area contributed by atoms with Gasteiger partial charge in [0.25, 0.3) is 5.69 Å². The fraction of sp³-hybridized carbons (Fsp3) is 0.167. The second-order valence-corrected chi connectivity index (χ2v) is 5.60. The minimum absolute atomic E-state index is 0.0812. The van der Waals surface area contributed by atoms with Crippen molar-refractivity contribution in [2.45, 2.75) is 6.54 Å². The van der Waals surface area contributed by atoms with Crippen molar-refractivity contribution >= 4 is 22.4 Å². The number of hydrogen-bond donors (Lipinski definition) is 1. The third-order valence-electron chi connectivity index (χ3n) is 3.90. The number of anilines is 1. The molecule has 1 N–H and O–H groups in total. The molecule has 0 radical (unpaired) electrons. The smallest absolute Gasteiger partial charge is 0.270 e.